The molecule has 37 heavy (non-hydrogen) atoms. The molecule has 0 saturated heterocycles. The van der Waals surface area contributed by atoms with Gasteiger partial charge in [0.25, 0.3) is 0 Å². The van der Waals surface area contributed by atoms with E-state index in [4.69, 9.17) is 23.8 Å². The number of aromatic nitrogens is 1. The fourth-order valence-corrected chi connectivity index (χ4v) is 3.94. The lowest BCUT2D eigenvalue weighted by atomic mass is 10.0. The summed E-state index contributed by atoms with van der Waals surface area (Å²) in [4.78, 5) is 22.6. The van der Waals surface area contributed by atoms with E-state index in [0.717, 1.165) is 16.3 Å². The third-order valence-electron chi connectivity index (χ3n) is 5.85. The van der Waals surface area contributed by atoms with Crippen molar-refractivity contribution in [3.63, 3.8) is 0 Å². The van der Waals surface area contributed by atoms with Gasteiger partial charge in [-0.05, 0) is 53.8 Å². The minimum atomic E-state index is -0.457. The number of carbonyl (C=O) groups excluding carboxylic acids is 1. The van der Waals surface area contributed by atoms with Crippen molar-refractivity contribution < 1.29 is 28.6 Å². The number of fused-ring (bicyclic) bond motifs is 1. The molecule has 0 bridgehead atoms. The van der Waals surface area contributed by atoms with Crippen LogP contribution in [0.1, 0.15) is 23.2 Å². The first-order valence-corrected chi connectivity index (χ1v) is 11.6. The van der Waals surface area contributed by atoms with E-state index < -0.39 is 5.97 Å². The quantitative estimate of drug-likeness (QED) is 0.168. The molecule has 0 unspecified atom stereocenters. The molecular formula is C29H28N2O6. The van der Waals surface area contributed by atoms with Crippen LogP contribution in [0.25, 0.3) is 10.8 Å². The van der Waals surface area contributed by atoms with E-state index in [1.165, 1.54) is 0 Å². The van der Waals surface area contributed by atoms with Crippen LogP contribution in [0.15, 0.2) is 78.1 Å². The fourth-order valence-electron chi connectivity index (χ4n) is 3.94. The van der Waals surface area contributed by atoms with E-state index in [9.17, 15) is 4.79 Å². The number of benzene rings is 3. The zero-order valence-corrected chi connectivity index (χ0v) is 21.2. The molecule has 0 N–H and O–H groups in total. The van der Waals surface area contributed by atoms with Gasteiger partial charge in [-0.1, -0.05) is 35.5 Å². The van der Waals surface area contributed by atoms with Crippen molar-refractivity contribution in [3.05, 3.63) is 89.7 Å². The Morgan fingerprint density at radius 3 is 2.16 bits per heavy atom. The van der Waals surface area contributed by atoms with Gasteiger partial charge >= 0.3 is 5.97 Å². The third kappa shape index (κ3) is 5.81. The molecule has 4 aromatic rings. The van der Waals surface area contributed by atoms with Gasteiger partial charge in [0.1, 0.15) is 11.4 Å². The third-order valence-corrected chi connectivity index (χ3v) is 5.85. The SMILES string of the molecule is COc1ccc(C(=NOC(=O)CCc2ccccc2)c2nccc3cc(OC)c(OC)cc23)cc1OC. The number of carbonyl (C=O) groups is 1. The van der Waals surface area contributed by atoms with Crippen molar-refractivity contribution in [3.8, 4) is 23.0 Å². The Balaban J connectivity index is 1.77. The number of pyridine rings is 1. The predicted octanol–water partition coefficient (Wildman–Crippen LogP) is 5.20. The summed E-state index contributed by atoms with van der Waals surface area (Å²) in [5.74, 6) is 1.73. The Bertz CT molecular complexity index is 1420. The summed E-state index contributed by atoms with van der Waals surface area (Å²) in [7, 11) is 6.26. The van der Waals surface area contributed by atoms with Crippen molar-refractivity contribution in [2.75, 3.05) is 28.4 Å². The Hall–Kier alpha value is -4.59. The van der Waals surface area contributed by atoms with E-state index in [1.807, 2.05) is 48.5 Å². The maximum atomic E-state index is 12.6. The highest BCUT2D eigenvalue weighted by molar-refractivity contribution is 6.18. The minimum Gasteiger partial charge on any atom is -0.493 e. The number of methoxy groups -OCH3 is 4. The summed E-state index contributed by atoms with van der Waals surface area (Å²) in [5.41, 5.74) is 2.52. The number of oxime groups is 1. The van der Waals surface area contributed by atoms with Crippen LogP contribution in [0.5, 0.6) is 23.0 Å². The average Bonchev–Trinajstić information content (AvgIpc) is 2.95. The van der Waals surface area contributed by atoms with Crippen LogP contribution in [0.2, 0.25) is 0 Å². The van der Waals surface area contributed by atoms with Gasteiger partial charge in [-0.25, -0.2) is 4.79 Å². The van der Waals surface area contributed by atoms with Gasteiger partial charge in [0, 0.05) is 17.1 Å². The summed E-state index contributed by atoms with van der Waals surface area (Å²) >= 11 is 0. The van der Waals surface area contributed by atoms with E-state index in [-0.39, 0.29) is 6.42 Å². The van der Waals surface area contributed by atoms with Gasteiger partial charge in [-0.2, -0.15) is 0 Å². The van der Waals surface area contributed by atoms with Crippen LogP contribution in [0.3, 0.4) is 0 Å². The lowest BCUT2D eigenvalue weighted by molar-refractivity contribution is -0.143. The molecule has 8 nitrogen and oxygen atoms in total. The fraction of sp³-hybridized carbons (Fsp3) is 0.207. The smallest absolute Gasteiger partial charge is 0.335 e. The number of hydrogen-bond donors (Lipinski definition) is 0. The van der Waals surface area contributed by atoms with Gasteiger partial charge in [0.15, 0.2) is 23.0 Å². The van der Waals surface area contributed by atoms with Gasteiger partial charge in [-0.15, -0.1) is 0 Å². The first kappa shape index (κ1) is 25.5. The van der Waals surface area contributed by atoms with Crippen LogP contribution in [0.4, 0.5) is 0 Å². The zero-order chi connectivity index (χ0) is 26.2. The molecule has 0 aliphatic rings. The molecule has 0 aliphatic heterocycles. The van der Waals surface area contributed by atoms with Crippen molar-refractivity contribution in [2.24, 2.45) is 5.16 Å². The van der Waals surface area contributed by atoms with Crippen molar-refractivity contribution in [1.29, 1.82) is 0 Å². The summed E-state index contributed by atoms with van der Waals surface area (Å²) in [5, 5.41) is 5.89. The highest BCUT2D eigenvalue weighted by Gasteiger charge is 2.19. The molecule has 0 amide bonds. The van der Waals surface area contributed by atoms with Gasteiger partial charge < -0.3 is 23.8 Å². The second-order valence-corrected chi connectivity index (χ2v) is 8.05. The molecule has 8 heteroatoms. The highest BCUT2D eigenvalue weighted by atomic mass is 16.7. The van der Waals surface area contributed by atoms with E-state index in [2.05, 4.69) is 10.1 Å². The molecule has 0 atom stereocenters. The normalized spacial score (nSPS) is 11.2. The van der Waals surface area contributed by atoms with Crippen molar-refractivity contribution in [2.45, 2.75) is 12.8 Å². The zero-order valence-electron chi connectivity index (χ0n) is 21.2. The molecule has 0 fully saturated rings. The van der Waals surface area contributed by atoms with Crippen LogP contribution in [-0.4, -0.2) is 45.1 Å². The second-order valence-electron chi connectivity index (χ2n) is 8.05. The largest absolute Gasteiger partial charge is 0.493 e. The molecule has 0 aliphatic carbocycles. The predicted molar refractivity (Wildman–Crippen MR) is 141 cm³/mol. The van der Waals surface area contributed by atoms with Gasteiger partial charge in [0.05, 0.1) is 34.9 Å². The summed E-state index contributed by atoms with van der Waals surface area (Å²) in [6.07, 6.45) is 2.39. The Morgan fingerprint density at radius 1 is 0.784 bits per heavy atom. The summed E-state index contributed by atoms with van der Waals surface area (Å²) in [6.45, 7) is 0. The number of ether oxygens (including phenoxy) is 4. The number of rotatable bonds is 10. The molecule has 4 rings (SSSR count). The minimum absolute atomic E-state index is 0.181. The lowest BCUT2D eigenvalue weighted by Crippen LogP contribution is -2.11. The van der Waals surface area contributed by atoms with E-state index in [0.29, 0.717) is 46.4 Å². The van der Waals surface area contributed by atoms with Crippen LogP contribution in [-0.2, 0) is 16.1 Å². The Morgan fingerprint density at radius 2 is 1.46 bits per heavy atom. The van der Waals surface area contributed by atoms with Crippen molar-refractivity contribution in [1.82, 2.24) is 4.98 Å². The van der Waals surface area contributed by atoms with Crippen LogP contribution in [0, 0.1) is 0 Å². The summed E-state index contributed by atoms with van der Waals surface area (Å²) < 4.78 is 21.8. The number of aryl methyl sites for hydroxylation is 1. The number of hydrogen-bond acceptors (Lipinski definition) is 8. The van der Waals surface area contributed by atoms with E-state index >= 15 is 0 Å². The van der Waals surface area contributed by atoms with E-state index in [1.54, 1.807) is 52.8 Å². The molecule has 1 heterocycles. The average molecular weight is 501 g/mol. The molecule has 190 valence electrons. The second kappa shape index (κ2) is 11.9. The number of nitrogens with zero attached hydrogens (tertiary/aromatic N) is 2. The van der Waals surface area contributed by atoms with Crippen LogP contribution >= 0.6 is 0 Å². The molecule has 0 radical (unpaired) electrons. The first-order valence-electron chi connectivity index (χ1n) is 11.6. The first-order chi connectivity index (χ1) is 18.1. The maximum absolute atomic E-state index is 12.6. The maximum Gasteiger partial charge on any atom is 0.335 e. The standard InChI is InChI=1S/C29H28N2O6/c1-33-23-12-11-21(17-24(23)34-2)28(31-37-27(32)13-10-19-8-6-5-7-9-19)29-22-18-26(36-4)25(35-3)16-20(22)14-15-30-29/h5-9,11-12,14-18H,10,13H2,1-4H3. The van der Waals surface area contributed by atoms with Gasteiger partial charge in [0.2, 0.25) is 0 Å². The van der Waals surface area contributed by atoms with Crippen molar-refractivity contribution >= 4 is 22.5 Å². The Labute approximate surface area is 215 Å². The Kier molecular flexibility index (Phi) is 8.20. The molecule has 3 aromatic carbocycles. The molecule has 0 spiro atoms. The molecular weight excluding hydrogens is 472 g/mol. The van der Waals surface area contributed by atoms with Gasteiger partial charge in [-0.3, -0.25) is 4.98 Å². The van der Waals surface area contributed by atoms with Crippen LogP contribution < -0.4 is 18.9 Å². The summed E-state index contributed by atoms with van der Waals surface area (Å²) in [6, 6.07) is 20.6. The highest BCUT2D eigenvalue weighted by Crippen LogP contribution is 2.35. The topological polar surface area (TPSA) is 88.5 Å². The molecule has 0 saturated carbocycles. The molecule has 1 aromatic heterocycles. The monoisotopic (exact) mass is 500 g/mol. The lowest BCUT2D eigenvalue weighted by Gasteiger charge is -2.14.